The van der Waals surface area contributed by atoms with Gasteiger partial charge in [0.25, 0.3) is 0 Å². The van der Waals surface area contributed by atoms with Crippen molar-refractivity contribution in [1.82, 2.24) is 4.90 Å². The lowest BCUT2D eigenvalue weighted by molar-refractivity contribution is -0.148. The minimum Gasteiger partial charge on any atom is -0.480 e. The summed E-state index contributed by atoms with van der Waals surface area (Å²) in [6.07, 6.45) is 2.16. The van der Waals surface area contributed by atoms with Gasteiger partial charge in [-0.2, -0.15) is 0 Å². The summed E-state index contributed by atoms with van der Waals surface area (Å²) in [6.45, 7) is 0.542. The first-order valence-corrected chi connectivity index (χ1v) is 6.45. The molecule has 102 valence electrons. The number of rotatable bonds is 4. The number of nitrogens with two attached hydrogens (primary N) is 1. The molecule has 1 saturated heterocycles. The van der Waals surface area contributed by atoms with Gasteiger partial charge in [0.2, 0.25) is 5.91 Å². The van der Waals surface area contributed by atoms with Crippen LogP contribution in [0.1, 0.15) is 24.8 Å². The molecule has 1 amide bonds. The summed E-state index contributed by atoms with van der Waals surface area (Å²) in [5, 5.41) is 9.05. The molecule has 0 saturated carbocycles. The third-order valence-corrected chi connectivity index (χ3v) is 3.52. The fourth-order valence-corrected chi connectivity index (χ4v) is 2.47. The first-order valence-electron chi connectivity index (χ1n) is 6.45. The summed E-state index contributed by atoms with van der Waals surface area (Å²) in [4.78, 5) is 24.6. The van der Waals surface area contributed by atoms with Crippen molar-refractivity contribution in [1.29, 1.82) is 0 Å². The number of nitrogen functional groups attached to an aromatic ring is 1. The Morgan fingerprint density at radius 2 is 2.11 bits per heavy atom. The lowest BCUT2D eigenvalue weighted by Crippen LogP contribution is -2.40. The summed E-state index contributed by atoms with van der Waals surface area (Å²) in [5.41, 5.74) is 7.42. The van der Waals surface area contributed by atoms with Crippen molar-refractivity contribution in [3.8, 4) is 0 Å². The highest BCUT2D eigenvalue weighted by molar-refractivity contribution is 5.84. The minimum atomic E-state index is -0.912. The van der Waals surface area contributed by atoms with Gasteiger partial charge >= 0.3 is 5.97 Å². The van der Waals surface area contributed by atoms with Gasteiger partial charge in [-0.05, 0) is 30.9 Å². The minimum absolute atomic E-state index is 0.104. The standard InChI is InChI=1S/C14H18N2O3/c15-11-5-2-1-4-10(11)7-8-13(17)16-9-3-6-12(16)14(18)19/h1-2,4-5,12H,3,6-9,15H2,(H,18,19)/t12-/m0/s1. The summed E-state index contributed by atoms with van der Waals surface area (Å²) < 4.78 is 0. The molecular formula is C14H18N2O3. The van der Waals surface area contributed by atoms with E-state index in [1.807, 2.05) is 18.2 Å². The van der Waals surface area contributed by atoms with Crippen molar-refractivity contribution < 1.29 is 14.7 Å². The third-order valence-electron chi connectivity index (χ3n) is 3.52. The lowest BCUT2D eigenvalue weighted by Gasteiger charge is -2.21. The van der Waals surface area contributed by atoms with Crippen LogP contribution in [0.3, 0.4) is 0 Å². The van der Waals surface area contributed by atoms with Crippen LogP contribution in [-0.4, -0.2) is 34.5 Å². The Morgan fingerprint density at radius 1 is 1.37 bits per heavy atom. The van der Waals surface area contributed by atoms with Crippen LogP contribution in [0.2, 0.25) is 0 Å². The van der Waals surface area contributed by atoms with Crippen LogP contribution in [0, 0.1) is 0 Å². The average Bonchev–Trinajstić information content (AvgIpc) is 2.87. The van der Waals surface area contributed by atoms with Crippen LogP contribution in [-0.2, 0) is 16.0 Å². The number of carbonyl (C=O) groups excluding carboxylic acids is 1. The number of nitrogens with zero attached hydrogens (tertiary/aromatic N) is 1. The van der Waals surface area contributed by atoms with Gasteiger partial charge in [-0.15, -0.1) is 0 Å². The molecule has 0 aliphatic carbocycles. The predicted molar refractivity (Wildman–Crippen MR) is 71.5 cm³/mol. The molecule has 1 atom stereocenters. The van der Waals surface area contributed by atoms with Gasteiger partial charge in [0.1, 0.15) is 6.04 Å². The second-order valence-corrected chi connectivity index (χ2v) is 4.78. The van der Waals surface area contributed by atoms with E-state index in [1.54, 1.807) is 6.07 Å². The zero-order chi connectivity index (χ0) is 13.8. The number of hydrogen-bond donors (Lipinski definition) is 2. The maximum Gasteiger partial charge on any atom is 0.326 e. The molecule has 0 bridgehead atoms. The molecule has 5 heteroatoms. The van der Waals surface area contributed by atoms with Gasteiger partial charge in [-0.3, -0.25) is 4.79 Å². The summed E-state index contributed by atoms with van der Waals surface area (Å²) in [6, 6.07) is 6.77. The van der Waals surface area contributed by atoms with E-state index in [4.69, 9.17) is 10.8 Å². The number of carbonyl (C=O) groups is 2. The van der Waals surface area contributed by atoms with Crippen molar-refractivity contribution in [2.75, 3.05) is 12.3 Å². The molecule has 1 heterocycles. The van der Waals surface area contributed by atoms with Crippen LogP contribution < -0.4 is 5.73 Å². The maximum absolute atomic E-state index is 12.1. The summed E-state index contributed by atoms with van der Waals surface area (Å²) in [5.74, 6) is -1.02. The fraction of sp³-hybridized carbons (Fsp3) is 0.429. The van der Waals surface area contributed by atoms with Crippen LogP contribution in [0.4, 0.5) is 5.69 Å². The number of carboxylic acids is 1. The Morgan fingerprint density at radius 3 is 2.79 bits per heavy atom. The molecule has 19 heavy (non-hydrogen) atoms. The van der Waals surface area contributed by atoms with E-state index in [1.165, 1.54) is 4.90 Å². The van der Waals surface area contributed by atoms with Crippen LogP contribution in [0.25, 0.3) is 0 Å². The summed E-state index contributed by atoms with van der Waals surface area (Å²) in [7, 11) is 0. The SMILES string of the molecule is Nc1ccccc1CCC(=O)N1CCC[C@H]1C(=O)O. The van der Waals surface area contributed by atoms with E-state index in [2.05, 4.69) is 0 Å². The molecule has 0 spiro atoms. The van der Waals surface area contributed by atoms with Crippen LogP contribution >= 0.6 is 0 Å². The molecular weight excluding hydrogens is 244 g/mol. The van der Waals surface area contributed by atoms with E-state index in [-0.39, 0.29) is 5.91 Å². The molecule has 3 N–H and O–H groups in total. The number of aryl methyl sites for hydroxylation is 1. The quantitative estimate of drug-likeness (QED) is 0.800. The normalized spacial score (nSPS) is 18.5. The first-order chi connectivity index (χ1) is 9.09. The number of benzene rings is 1. The van der Waals surface area contributed by atoms with Crippen LogP contribution in [0.5, 0.6) is 0 Å². The zero-order valence-electron chi connectivity index (χ0n) is 10.7. The van der Waals surface area contributed by atoms with Crippen molar-refractivity contribution in [2.24, 2.45) is 0 Å². The highest BCUT2D eigenvalue weighted by atomic mass is 16.4. The second kappa shape index (κ2) is 5.73. The largest absolute Gasteiger partial charge is 0.480 e. The van der Waals surface area contributed by atoms with E-state index in [0.717, 1.165) is 12.0 Å². The van der Waals surface area contributed by atoms with E-state index >= 15 is 0 Å². The number of amides is 1. The second-order valence-electron chi connectivity index (χ2n) is 4.78. The molecule has 2 rings (SSSR count). The monoisotopic (exact) mass is 262 g/mol. The molecule has 1 aliphatic rings. The van der Waals surface area contributed by atoms with Gasteiger partial charge in [0.15, 0.2) is 0 Å². The number of hydrogen-bond acceptors (Lipinski definition) is 3. The fourth-order valence-electron chi connectivity index (χ4n) is 2.47. The average molecular weight is 262 g/mol. The molecule has 0 aromatic heterocycles. The number of aliphatic carboxylic acids is 1. The molecule has 0 unspecified atom stereocenters. The molecule has 0 radical (unpaired) electrons. The smallest absolute Gasteiger partial charge is 0.326 e. The number of para-hydroxylation sites is 1. The Hall–Kier alpha value is -2.04. The predicted octanol–water partition coefficient (Wildman–Crippen LogP) is 1.28. The van der Waals surface area contributed by atoms with Gasteiger partial charge in [0, 0.05) is 18.7 Å². The third kappa shape index (κ3) is 3.05. The lowest BCUT2D eigenvalue weighted by atomic mass is 10.1. The van der Waals surface area contributed by atoms with Crippen molar-refractivity contribution in [2.45, 2.75) is 31.7 Å². The van der Waals surface area contributed by atoms with Crippen molar-refractivity contribution in [3.05, 3.63) is 29.8 Å². The van der Waals surface area contributed by atoms with E-state index in [0.29, 0.717) is 31.5 Å². The number of anilines is 1. The van der Waals surface area contributed by atoms with Crippen LogP contribution in [0.15, 0.2) is 24.3 Å². The highest BCUT2D eigenvalue weighted by Crippen LogP contribution is 2.20. The van der Waals surface area contributed by atoms with E-state index in [9.17, 15) is 9.59 Å². The maximum atomic E-state index is 12.1. The molecule has 1 aromatic carbocycles. The van der Waals surface area contributed by atoms with Crippen molar-refractivity contribution >= 4 is 17.6 Å². The Kier molecular flexibility index (Phi) is 4.04. The Bertz CT molecular complexity index is 487. The molecule has 1 aliphatic heterocycles. The van der Waals surface area contributed by atoms with Crippen molar-refractivity contribution in [3.63, 3.8) is 0 Å². The Balaban J connectivity index is 1.95. The molecule has 1 fully saturated rings. The Labute approximate surface area is 112 Å². The number of carboxylic acid groups (broad SMARTS) is 1. The topological polar surface area (TPSA) is 83.6 Å². The number of likely N-dealkylation sites (tertiary alicyclic amines) is 1. The molecule has 5 nitrogen and oxygen atoms in total. The summed E-state index contributed by atoms with van der Waals surface area (Å²) >= 11 is 0. The van der Waals surface area contributed by atoms with Gasteiger partial charge < -0.3 is 15.7 Å². The highest BCUT2D eigenvalue weighted by Gasteiger charge is 2.33. The van der Waals surface area contributed by atoms with Gasteiger partial charge in [0.05, 0.1) is 0 Å². The van der Waals surface area contributed by atoms with Gasteiger partial charge in [-0.1, -0.05) is 18.2 Å². The first kappa shape index (κ1) is 13.4. The molecule has 1 aromatic rings. The van der Waals surface area contributed by atoms with E-state index < -0.39 is 12.0 Å². The zero-order valence-corrected chi connectivity index (χ0v) is 10.7. The van der Waals surface area contributed by atoms with Gasteiger partial charge in [-0.25, -0.2) is 4.79 Å².